The van der Waals surface area contributed by atoms with E-state index in [9.17, 15) is 9.59 Å². The molecule has 0 aliphatic carbocycles. The molecule has 0 aromatic heterocycles. The summed E-state index contributed by atoms with van der Waals surface area (Å²) in [6, 6.07) is 19.1. The number of rotatable bonds is 10. The Morgan fingerprint density at radius 3 is 1.17 bits per heavy atom. The third-order valence-corrected chi connectivity index (χ3v) is 14.2. The van der Waals surface area contributed by atoms with E-state index in [0.717, 1.165) is 10.4 Å². The van der Waals surface area contributed by atoms with Gasteiger partial charge in [0.25, 0.3) is 0 Å². The molecule has 0 N–H and O–H groups in total. The number of benzene rings is 2. The van der Waals surface area contributed by atoms with E-state index in [4.69, 9.17) is 17.1 Å². The monoisotopic (exact) mass is 530 g/mol. The van der Waals surface area contributed by atoms with Crippen LogP contribution in [0.3, 0.4) is 0 Å². The highest BCUT2D eigenvalue weighted by Crippen LogP contribution is 2.24. The van der Waals surface area contributed by atoms with Crippen molar-refractivity contribution < 1.29 is 26.7 Å². The molecule has 6 nitrogen and oxygen atoms in total. The summed E-state index contributed by atoms with van der Waals surface area (Å²) in [7, 11) is -9.71. The van der Waals surface area contributed by atoms with Crippen LogP contribution in [0.2, 0.25) is 26.2 Å². The lowest BCUT2D eigenvalue weighted by Gasteiger charge is -2.41. The summed E-state index contributed by atoms with van der Waals surface area (Å²) < 4.78 is 25.1. The van der Waals surface area contributed by atoms with E-state index in [-0.39, 0.29) is 11.1 Å². The van der Waals surface area contributed by atoms with E-state index in [0.29, 0.717) is 0 Å². The molecule has 0 saturated carbocycles. The van der Waals surface area contributed by atoms with Crippen LogP contribution in [0.25, 0.3) is 0 Å². The van der Waals surface area contributed by atoms with Crippen molar-refractivity contribution in [3.63, 3.8) is 0 Å². The van der Waals surface area contributed by atoms with E-state index in [1.807, 2.05) is 74.5 Å². The van der Waals surface area contributed by atoms with Crippen LogP contribution in [0.4, 0.5) is 0 Å². The second kappa shape index (κ2) is 12.9. The molecule has 2 rings (SSSR count). The van der Waals surface area contributed by atoms with Gasteiger partial charge in [-0.2, -0.15) is 0 Å². The average molecular weight is 531 g/mol. The van der Waals surface area contributed by atoms with Gasteiger partial charge in [-0.05, 0) is 50.4 Å². The van der Waals surface area contributed by atoms with Crippen LogP contribution < -0.4 is 10.4 Å². The molecule has 0 atom stereocenters. The summed E-state index contributed by atoms with van der Waals surface area (Å²) in [5, 5.41) is 1.63. The maximum absolute atomic E-state index is 12.4. The predicted molar refractivity (Wildman–Crippen MR) is 148 cm³/mol. The molecule has 0 heterocycles. The van der Waals surface area contributed by atoms with Gasteiger partial charge in [-0.3, -0.25) is 0 Å². The Kier molecular flexibility index (Phi) is 11.3. The van der Waals surface area contributed by atoms with Crippen molar-refractivity contribution in [2.45, 2.75) is 53.9 Å². The third-order valence-electron chi connectivity index (χ3n) is 4.46. The predicted octanol–water partition coefficient (Wildman–Crippen LogP) is 4.94. The van der Waals surface area contributed by atoms with Crippen LogP contribution in [0.5, 0.6) is 0 Å². The first-order valence-electron chi connectivity index (χ1n) is 11.6. The maximum Gasteiger partial charge on any atom is 0.390 e. The zero-order valence-electron chi connectivity index (χ0n) is 22.1. The van der Waals surface area contributed by atoms with E-state index < -0.39 is 37.6 Å². The van der Waals surface area contributed by atoms with Crippen LogP contribution >= 0.6 is 0 Å². The minimum absolute atomic E-state index is 0.289. The van der Waals surface area contributed by atoms with Gasteiger partial charge in [0.2, 0.25) is 0 Å². The van der Waals surface area contributed by atoms with Crippen molar-refractivity contribution in [2.24, 2.45) is 0 Å². The number of hydrogen-bond donors (Lipinski definition) is 0. The van der Waals surface area contributed by atoms with Gasteiger partial charge < -0.3 is 17.1 Å². The van der Waals surface area contributed by atoms with E-state index in [2.05, 4.69) is 13.2 Å². The van der Waals surface area contributed by atoms with Crippen LogP contribution in [-0.4, -0.2) is 37.6 Å². The molecular weight excluding hydrogens is 493 g/mol. The van der Waals surface area contributed by atoms with Crippen molar-refractivity contribution >= 4 is 48.0 Å². The van der Waals surface area contributed by atoms with Crippen LogP contribution in [-0.2, 0) is 26.7 Å². The van der Waals surface area contributed by atoms with Gasteiger partial charge >= 0.3 is 37.6 Å². The molecule has 2 aromatic carbocycles. The van der Waals surface area contributed by atoms with Crippen molar-refractivity contribution in [2.75, 3.05) is 0 Å². The topological polar surface area (TPSA) is 71.1 Å². The van der Waals surface area contributed by atoms with Gasteiger partial charge in [-0.25, -0.2) is 9.59 Å². The Labute approximate surface area is 213 Å². The van der Waals surface area contributed by atoms with E-state index >= 15 is 0 Å². The minimum Gasteiger partial charge on any atom is -0.492 e. The Balaban J connectivity index is 0.00000298. The Hall–Kier alpha value is -2.57. The molecule has 35 heavy (non-hydrogen) atoms. The summed E-state index contributed by atoms with van der Waals surface area (Å²) >= 11 is 0. The second-order valence-electron chi connectivity index (χ2n) is 8.69. The molecule has 0 aliphatic rings. The highest BCUT2D eigenvalue weighted by molar-refractivity contribution is 7.01. The van der Waals surface area contributed by atoms with Crippen LogP contribution in [0.1, 0.15) is 27.7 Å². The second-order valence-corrected chi connectivity index (χ2v) is 18.7. The summed E-state index contributed by atoms with van der Waals surface area (Å²) in [6.07, 6.45) is 0. The first kappa shape index (κ1) is 30.5. The van der Waals surface area contributed by atoms with E-state index in [1.165, 1.54) is 0 Å². The third kappa shape index (κ3) is 8.86. The lowest BCUT2D eigenvalue weighted by atomic mass is 10.4. The van der Waals surface area contributed by atoms with Crippen LogP contribution in [0, 0.1) is 0 Å². The van der Waals surface area contributed by atoms with E-state index in [1.54, 1.807) is 40.0 Å². The molecule has 0 aliphatic heterocycles. The molecule has 2 aromatic rings. The summed E-state index contributed by atoms with van der Waals surface area (Å²) in [6.45, 7) is 21.7. The van der Waals surface area contributed by atoms with Crippen molar-refractivity contribution in [1.29, 1.82) is 0 Å². The van der Waals surface area contributed by atoms with Gasteiger partial charge in [-0.15, -0.1) is 0 Å². The van der Waals surface area contributed by atoms with Gasteiger partial charge in [-0.1, -0.05) is 87.7 Å². The molecule has 0 unspecified atom stereocenters. The fourth-order valence-corrected chi connectivity index (χ4v) is 14.2. The van der Waals surface area contributed by atoms with Crippen LogP contribution in [0.15, 0.2) is 85.0 Å². The Bertz CT molecular complexity index is 936. The lowest BCUT2D eigenvalue weighted by molar-refractivity contribution is -0.132. The zero-order valence-corrected chi connectivity index (χ0v) is 25.1. The fourth-order valence-electron chi connectivity index (χ4n) is 3.09. The van der Waals surface area contributed by atoms with Gasteiger partial charge in [0.05, 0.1) is 0 Å². The summed E-state index contributed by atoms with van der Waals surface area (Å²) in [4.78, 5) is 24.7. The van der Waals surface area contributed by atoms with Crippen molar-refractivity contribution in [3.05, 3.63) is 85.0 Å². The number of carbonyl (C=O) groups excluding carboxylic acids is 2. The molecule has 0 amide bonds. The molecule has 9 heteroatoms. The Morgan fingerprint density at radius 1 is 0.629 bits per heavy atom. The summed E-state index contributed by atoms with van der Waals surface area (Å²) in [5.74, 6) is -1.03. The standard InChI is InChI=1S/C24H32O6Si3.C2H6/c1-19(2)23(25)27-31(5,6)29-33(21-15-11-9-12-16-21,22-17-13-10-14-18-22)30-32(7,8)28-24(26)20(3)4;1-2/h9-18H,1,3H2,2,4-8H3;1-2H3. The number of carbonyl (C=O) groups is 2. The quantitative estimate of drug-likeness (QED) is 0.320. The smallest absolute Gasteiger partial charge is 0.390 e. The highest BCUT2D eigenvalue weighted by atomic mass is 28.5. The molecule has 0 radical (unpaired) electrons. The maximum atomic E-state index is 12.4. The van der Waals surface area contributed by atoms with Gasteiger partial charge in [0.1, 0.15) is 0 Å². The molecule has 0 spiro atoms. The average Bonchev–Trinajstić information content (AvgIpc) is 2.80. The molecule has 0 saturated heterocycles. The lowest BCUT2D eigenvalue weighted by Crippen LogP contribution is -2.71. The molecular formula is C26H38O6Si3. The van der Waals surface area contributed by atoms with Crippen molar-refractivity contribution in [3.8, 4) is 0 Å². The van der Waals surface area contributed by atoms with Gasteiger partial charge in [0, 0.05) is 11.1 Å². The Morgan fingerprint density at radius 2 is 0.914 bits per heavy atom. The molecule has 0 bridgehead atoms. The minimum atomic E-state index is -3.51. The zero-order chi connectivity index (χ0) is 26.9. The number of hydrogen-bond acceptors (Lipinski definition) is 6. The largest absolute Gasteiger partial charge is 0.492 e. The first-order chi connectivity index (χ1) is 16.3. The highest BCUT2D eigenvalue weighted by Gasteiger charge is 2.53. The summed E-state index contributed by atoms with van der Waals surface area (Å²) in [5.41, 5.74) is 0.578. The van der Waals surface area contributed by atoms with Gasteiger partial charge in [0.15, 0.2) is 0 Å². The SMILES string of the molecule is C=C(C)C(=O)O[Si](C)(C)O[Si](O[Si](C)(C)OC(=O)C(=C)C)(c1ccccc1)c1ccccc1.CC. The molecule has 0 fully saturated rings. The van der Waals surface area contributed by atoms with Crippen molar-refractivity contribution in [1.82, 2.24) is 0 Å². The first-order valence-corrected chi connectivity index (χ1v) is 19.0. The molecule has 190 valence electrons. The normalized spacial score (nSPS) is 11.5. The fraction of sp³-hybridized carbons (Fsp3) is 0.308.